The molecule has 3 nitrogen and oxygen atoms in total. The van der Waals surface area contributed by atoms with Crippen LogP contribution in [-0.4, -0.2) is 19.6 Å². The highest BCUT2D eigenvalue weighted by Gasteiger charge is 2.14. The van der Waals surface area contributed by atoms with E-state index in [2.05, 4.69) is 37.4 Å². The summed E-state index contributed by atoms with van der Waals surface area (Å²) in [6, 6.07) is 14.0. The van der Waals surface area contributed by atoms with Crippen molar-refractivity contribution in [2.75, 3.05) is 12.4 Å². The van der Waals surface area contributed by atoms with E-state index < -0.39 is 0 Å². The molecule has 126 valence electrons. The van der Waals surface area contributed by atoms with Crippen LogP contribution in [0, 0.1) is 6.92 Å². The van der Waals surface area contributed by atoms with Crippen LogP contribution in [0.1, 0.15) is 47.3 Å². The van der Waals surface area contributed by atoms with Crippen LogP contribution in [0.15, 0.2) is 48.5 Å². The highest BCUT2D eigenvalue weighted by Crippen LogP contribution is 2.33. The predicted octanol–water partition coefficient (Wildman–Crippen LogP) is 4.90. The van der Waals surface area contributed by atoms with Crippen molar-refractivity contribution in [3.63, 3.8) is 0 Å². The maximum atomic E-state index is 11.4. The maximum Gasteiger partial charge on any atom is 0.150 e. The van der Waals surface area contributed by atoms with Crippen molar-refractivity contribution < 1.29 is 9.59 Å². The largest absolute Gasteiger partial charge is 0.388 e. The Labute approximate surface area is 144 Å². The second-order valence-electron chi connectivity index (χ2n) is 5.21. The number of carbonyl (C=O) groups is 2. The average molecular weight is 323 g/mol. The van der Waals surface area contributed by atoms with Gasteiger partial charge in [0.05, 0.1) is 0 Å². The monoisotopic (exact) mass is 323 g/mol. The molecule has 0 saturated heterocycles. The third-order valence-electron chi connectivity index (χ3n) is 3.60. The summed E-state index contributed by atoms with van der Waals surface area (Å²) in [4.78, 5) is 20.2. The first-order chi connectivity index (χ1) is 11.6. The molecule has 0 aliphatic heterocycles. The summed E-state index contributed by atoms with van der Waals surface area (Å²) in [5.41, 5.74) is 6.26. The van der Waals surface area contributed by atoms with Crippen LogP contribution < -0.4 is 5.32 Å². The van der Waals surface area contributed by atoms with E-state index >= 15 is 0 Å². The molecule has 0 saturated carbocycles. The fourth-order valence-electron chi connectivity index (χ4n) is 2.63. The lowest BCUT2D eigenvalue weighted by Crippen LogP contribution is -2.01. The molecule has 24 heavy (non-hydrogen) atoms. The molecular weight excluding hydrogens is 298 g/mol. The van der Waals surface area contributed by atoms with Gasteiger partial charge in [-0.3, -0.25) is 4.79 Å². The van der Waals surface area contributed by atoms with Gasteiger partial charge in [0.25, 0.3) is 0 Å². The number of hydrogen-bond donors (Lipinski definition) is 1. The van der Waals surface area contributed by atoms with Crippen molar-refractivity contribution in [3.05, 3.63) is 70.8 Å². The van der Waals surface area contributed by atoms with E-state index in [1.54, 1.807) is 0 Å². The van der Waals surface area contributed by atoms with Crippen LogP contribution in [0.5, 0.6) is 0 Å². The van der Waals surface area contributed by atoms with Gasteiger partial charge >= 0.3 is 0 Å². The van der Waals surface area contributed by atoms with Gasteiger partial charge in [-0.15, -0.1) is 0 Å². The quantitative estimate of drug-likeness (QED) is 0.796. The van der Waals surface area contributed by atoms with Gasteiger partial charge in [-0.25, -0.2) is 0 Å². The van der Waals surface area contributed by atoms with Gasteiger partial charge in [0.1, 0.15) is 6.29 Å². The summed E-state index contributed by atoms with van der Waals surface area (Å²) in [5.74, 6) is 0. The first-order valence-corrected chi connectivity index (χ1v) is 8.06. The van der Waals surface area contributed by atoms with E-state index in [4.69, 9.17) is 4.79 Å². The lowest BCUT2D eigenvalue weighted by Gasteiger charge is -2.17. The molecule has 0 amide bonds. The Morgan fingerprint density at radius 3 is 2.33 bits per heavy atom. The summed E-state index contributed by atoms with van der Waals surface area (Å²) in [6.07, 6.45) is 4.78. The van der Waals surface area contributed by atoms with Gasteiger partial charge in [-0.1, -0.05) is 49.4 Å². The number of hydrogen-bond acceptors (Lipinski definition) is 3. The van der Waals surface area contributed by atoms with Crippen molar-refractivity contribution in [2.24, 2.45) is 0 Å². The number of benzene rings is 2. The molecule has 0 atom stereocenters. The lowest BCUT2D eigenvalue weighted by atomic mass is 9.89. The van der Waals surface area contributed by atoms with E-state index in [0.29, 0.717) is 0 Å². The molecule has 0 fully saturated rings. The molecule has 2 aromatic carbocycles. The normalized spacial score (nSPS) is 10.4. The van der Waals surface area contributed by atoms with Crippen LogP contribution in [0.2, 0.25) is 0 Å². The number of allylic oxidation sites excluding steroid dienone is 1. The van der Waals surface area contributed by atoms with Crippen molar-refractivity contribution in [2.45, 2.75) is 27.2 Å². The Morgan fingerprint density at radius 1 is 1.08 bits per heavy atom. The van der Waals surface area contributed by atoms with Crippen LogP contribution in [0.25, 0.3) is 5.57 Å². The van der Waals surface area contributed by atoms with Crippen LogP contribution in [0.4, 0.5) is 5.69 Å². The zero-order valence-corrected chi connectivity index (χ0v) is 14.8. The molecule has 3 heteroatoms. The Balaban J connectivity index is 0.000000891. The number of anilines is 1. The van der Waals surface area contributed by atoms with Crippen molar-refractivity contribution >= 4 is 23.8 Å². The first kappa shape index (κ1) is 19.4. The van der Waals surface area contributed by atoms with Gasteiger partial charge in [-0.2, -0.15) is 0 Å². The second-order valence-corrected chi connectivity index (χ2v) is 5.21. The first-order valence-electron chi connectivity index (χ1n) is 8.06. The minimum atomic E-state index is 0.725. The zero-order valence-electron chi connectivity index (χ0n) is 14.8. The fourth-order valence-corrected chi connectivity index (χ4v) is 2.63. The topological polar surface area (TPSA) is 46.2 Å². The summed E-state index contributed by atoms with van der Waals surface area (Å²) >= 11 is 0. The molecule has 0 heterocycles. The van der Waals surface area contributed by atoms with Crippen molar-refractivity contribution in [1.29, 1.82) is 0 Å². The number of rotatable bonds is 5. The number of nitrogens with one attached hydrogen (secondary N) is 1. The van der Waals surface area contributed by atoms with Crippen LogP contribution in [0.3, 0.4) is 0 Å². The van der Waals surface area contributed by atoms with E-state index in [1.807, 2.05) is 37.4 Å². The Bertz CT molecular complexity index is 718. The molecule has 2 aromatic rings. The number of aldehydes is 2. The Kier molecular flexibility index (Phi) is 8.20. The standard InChI is InChI=1S/C19H21NO.C2H4O/c1-4-8-17(16-11-6-5-10-15(16)13-21)19-14(2)9-7-12-18(19)20-3;1-2-3/h5-13,20H,4H2,1-3H3;2H,1H3/b17-8+;. The van der Waals surface area contributed by atoms with Gasteiger partial charge < -0.3 is 10.1 Å². The Hall–Kier alpha value is -2.68. The second kappa shape index (κ2) is 10.2. The third kappa shape index (κ3) is 4.66. The van der Waals surface area contributed by atoms with Crippen LogP contribution in [-0.2, 0) is 4.79 Å². The van der Waals surface area contributed by atoms with Crippen molar-refractivity contribution in [1.82, 2.24) is 0 Å². The highest BCUT2D eigenvalue weighted by atomic mass is 16.1. The van der Waals surface area contributed by atoms with E-state index in [1.165, 1.54) is 12.5 Å². The molecule has 1 N–H and O–H groups in total. The minimum absolute atomic E-state index is 0.725. The number of aryl methyl sites for hydroxylation is 1. The molecule has 0 aliphatic rings. The smallest absolute Gasteiger partial charge is 0.150 e. The van der Waals surface area contributed by atoms with Gasteiger partial charge in [-0.05, 0) is 43.0 Å². The van der Waals surface area contributed by atoms with Crippen molar-refractivity contribution in [3.8, 4) is 0 Å². The summed E-state index contributed by atoms with van der Waals surface area (Å²) in [7, 11) is 1.92. The van der Waals surface area contributed by atoms with Crippen LogP contribution >= 0.6 is 0 Å². The molecule has 0 radical (unpaired) electrons. The Morgan fingerprint density at radius 2 is 1.75 bits per heavy atom. The lowest BCUT2D eigenvalue weighted by molar-refractivity contribution is -0.106. The summed E-state index contributed by atoms with van der Waals surface area (Å²) < 4.78 is 0. The highest BCUT2D eigenvalue weighted by molar-refractivity contribution is 5.94. The molecule has 0 aliphatic carbocycles. The fraction of sp³-hybridized carbons (Fsp3) is 0.238. The third-order valence-corrected chi connectivity index (χ3v) is 3.60. The van der Waals surface area contributed by atoms with E-state index in [9.17, 15) is 4.79 Å². The van der Waals surface area contributed by atoms with Gasteiger partial charge in [0, 0.05) is 23.9 Å². The predicted molar refractivity (Wildman–Crippen MR) is 102 cm³/mol. The molecule has 2 rings (SSSR count). The molecule has 0 aromatic heterocycles. The molecule has 0 bridgehead atoms. The SMILES string of the molecule is CC/C=C(\c1ccccc1C=O)c1c(C)cccc1NC.CC=O. The maximum absolute atomic E-state index is 11.4. The molecule has 0 unspecified atom stereocenters. The van der Waals surface area contributed by atoms with Gasteiger partial charge in [0.15, 0.2) is 6.29 Å². The van der Waals surface area contributed by atoms with E-state index in [-0.39, 0.29) is 0 Å². The molecule has 0 spiro atoms. The summed E-state index contributed by atoms with van der Waals surface area (Å²) in [5, 5.41) is 3.25. The minimum Gasteiger partial charge on any atom is -0.388 e. The zero-order chi connectivity index (χ0) is 17.9. The summed E-state index contributed by atoms with van der Waals surface area (Å²) in [6.45, 7) is 5.66. The van der Waals surface area contributed by atoms with E-state index in [0.717, 1.165) is 46.9 Å². The number of carbonyl (C=O) groups excluding carboxylic acids is 2. The molecular formula is C21H25NO2. The average Bonchev–Trinajstić information content (AvgIpc) is 2.60. The van der Waals surface area contributed by atoms with Gasteiger partial charge in [0.2, 0.25) is 0 Å².